The monoisotopic (exact) mass is 1180 g/mol. The maximum Gasteiger partial charge on any atom is 0.245 e. The number of aliphatic hydroxyl groups excluding tert-OH is 1. The van der Waals surface area contributed by atoms with Crippen LogP contribution in [0, 0.1) is 29.6 Å². The fourth-order valence-corrected chi connectivity index (χ4v) is 9.16. The zero-order valence-corrected chi connectivity index (χ0v) is 52.0. The molecule has 20 N–H and O–H groups in total. The van der Waals surface area contributed by atoms with Gasteiger partial charge in [0.15, 0.2) is 5.96 Å². The Kier molecular flexibility index (Phi) is 37.1. The molecule has 0 aliphatic carbocycles. The highest BCUT2D eigenvalue weighted by atomic mass is 16.3. The summed E-state index contributed by atoms with van der Waals surface area (Å²) in [5.74, 6) is -8.23. The lowest BCUT2D eigenvalue weighted by atomic mass is 9.96. The highest BCUT2D eigenvalue weighted by Gasteiger charge is 2.39. The van der Waals surface area contributed by atoms with Gasteiger partial charge in [-0.05, 0) is 127 Å². The Bertz CT molecular complexity index is 2090. The molecule has 0 aromatic rings. The van der Waals surface area contributed by atoms with Crippen LogP contribution in [0.2, 0.25) is 0 Å². The molecule has 0 rings (SSSR count). The van der Waals surface area contributed by atoms with E-state index in [0.29, 0.717) is 32.1 Å². The minimum atomic E-state index is -1.63. The van der Waals surface area contributed by atoms with Crippen LogP contribution in [0.5, 0.6) is 0 Å². The van der Waals surface area contributed by atoms with Gasteiger partial charge in [-0.1, -0.05) is 75.7 Å². The number of nitrogens with two attached hydrogens (primary N) is 6. The van der Waals surface area contributed by atoms with Crippen molar-refractivity contribution in [2.45, 2.75) is 220 Å². The molecule has 0 unspecified atom stereocenters. The molecule has 10 amide bonds. The second kappa shape index (κ2) is 40.1. The van der Waals surface area contributed by atoms with E-state index in [1.807, 2.05) is 55.4 Å². The minimum absolute atomic E-state index is 0.000744. The van der Waals surface area contributed by atoms with Crippen molar-refractivity contribution in [1.29, 1.82) is 0 Å². The largest absolute Gasteiger partial charge is 0.391 e. The van der Waals surface area contributed by atoms with E-state index in [1.54, 1.807) is 13.8 Å². The average molecular weight is 1180 g/mol. The minimum Gasteiger partial charge on any atom is -0.391 e. The van der Waals surface area contributed by atoms with Crippen molar-refractivity contribution in [3.8, 4) is 0 Å². The highest BCUT2D eigenvalue weighted by molar-refractivity contribution is 5.98. The van der Waals surface area contributed by atoms with Crippen molar-refractivity contribution in [2.75, 3.05) is 40.3 Å². The summed E-state index contributed by atoms with van der Waals surface area (Å²) in [5, 5.41) is 30.0. The Balaban J connectivity index is 7.12. The first-order valence-electron chi connectivity index (χ1n) is 29.6. The second-order valence-corrected chi connectivity index (χ2v) is 23.5. The smallest absolute Gasteiger partial charge is 0.245 e. The average Bonchev–Trinajstić information content (AvgIpc) is 3.55. The number of carbonyl (C=O) groups is 10. The molecule has 83 heavy (non-hydrogen) atoms. The second-order valence-electron chi connectivity index (χ2n) is 23.5. The van der Waals surface area contributed by atoms with Crippen molar-refractivity contribution in [3.05, 3.63) is 0 Å². The topological polar surface area (TPSA) is 450 Å². The van der Waals surface area contributed by atoms with Crippen LogP contribution in [0.15, 0.2) is 4.99 Å². The van der Waals surface area contributed by atoms with Crippen molar-refractivity contribution < 1.29 is 53.1 Å². The van der Waals surface area contributed by atoms with Crippen LogP contribution >= 0.6 is 0 Å². The van der Waals surface area contributed by atoms with Gasteiger partial charge in [-0.25, -0.2) is 0 Å². The van der Waals surface area contributed by atoms with Gasteiger partial charge in [0, 0.05) is 20.6 Å². The van der Waals surface area contributed by atoms with Gasteiger partial charge < -0.3 is 86.5 Å². The van der Waals surface area contributed by atoms with Crippen LogP contribution in [0.4, 0.5) is 0 Å². The molecule has 0 aliphatic rings. The fourth-order valence-electron chi connectivity index (χ4n) is 9.16. The number of aliphatic hydroxyl groups is 1. The zero-order chi connectivity index (χ0) is 63.8. The summed E-state index contributed by atoms with van der Waals surface area (Å²) in [5.41, 5.74) is 34.1. The third kappa shape index (κ3) is 29.3. The van der Waals surface area contributed by atoms with E-state index in [9.17, 15) is 53.1 Å². The molecule has 0 aliphatic heterocycles. The highest BCUT2D eigenvalue weighted by Crippen LogP contribution is 2.18. The summed E-state index contributed by atoms with van der Waals surface area (Å²) in [6, 6.07) is -11.1. The zero-order valence-electron chi connectivity index (χ0n) is 52.0. The number of nitrogens with one attached hydrogen (secondary N) is 7. The van der Waals surface area contributed by atoms with Crippen molar-refractivity contribution in [1.82, 2.24) is 47.0 Å². The third-order valence-electron chi connectivity index (χ3n) is 14.1. The van der Waals surface area contributed by atoms with Gasteiger partial charge in [-0.15, -0.1) is 0 Å². The number of likely N-dealkylation sites (N-methyl/N-ethyl adjacent to an activating group) is 2. The third-order valence-corrected chi connectivity index (χ3v) is 14.1. The van der Waals surface area contributed by atoms with Crippen molar-refractivity contribution in [2.24, 2.45) is 69.0 Å². The van der Waals surface area contributed by atoms with Crippen LogP contribution in [0.1, 0.15) is 160 Å². The molecule has 0 aromatic heterocycles. The predicted molar refractivity (Wildman–Crippen MR) is 320 cm³/mol. The van der Waals surface area contributed by atoms with Crippen molar-refractivity contribution in [3.63, 3.8) is 0 Å². The van der Waals surface area contributed by atoms with Gasteiger partial charge in [-0.2, -0.15) is 0 Å². The Morgan fingerprint density at radius 2 is 0.843 bits per heavy atom. The normalized spacial score (nSPS) is 15.4. The van der Waals surface area contributed by atoms with Gasteiger partial charge in [0.25, 0.3) is 0 Å². The first kappa shape index (κ1) is 76.8. The Morgan fingerprint density at radius 1 is 0.458 bits per heavy atom. The summed E-state index contributed by atoms with van der Waals surface area (Å²) in [7, 11) is 2.89. The van der Waals surface area contributed by atoms with Crippen LogP contribution in [-0.4, -0.2) is 181 Å². The van der Waals surface area contributed by atoms with Gasteiger partial charge in [0.1, 0.15) is 54.4 Å². The predicted octanol–water partition coefficient (Wildman–Crippen LogP) is -1.60. The molecule has 478 valence electrons. The molecule has 0 saturated carbocycles. The quantitative estimate of drug-likeness (QED) is 0.0186. The maximum atomic E-state index is 14.6. The number of hydrogen-bond donors (Lipinski definition) is 14. The molecular formula is C56H108N16O11. The van der Waals surface area contributed by atoms with E-state index in [2.05, 4.69) is 42.2 Å². The molecule has 0 fully saturated rings. The number of carbonyl (C=O) groups excluding carboxylic acids is 10. The number of primary amides is 1. The summed E-state index contributed by atoms with van der Waals surface area (Å²) < 4.78 is 0. The molecule has 27 heteroatoms. The van der Waals surface area contributed by atoms with E-state index < -0.39 is 125 Å². The molecule has 0 bridgehead atoms. The van der Waals surface area contributed by atoms with E-state index >= 15 is 0 Å². The number of hydrogen-bond acceptors (Lipinski definition) is 15. The van der Waals surface area contributed by atoms with Gasteiger partial charge in [0.05, 0.1) is 12.6 Å². The Morgan fingerprint density at radius 3 is 1.27 bits per heavy atom. The number of amides is 10. The Hall–Kier alpha value is -6.19. The molecule has 0 aromatic carbocycles. The van der Waals surface area contributed by atoms with E-state index in [0.717, 1.165) is 0 Å². The SMILES string of the molecule is CC[C@H](C)[C@H](NC(=O)[C@H](CCCN=C(N)N)NC(=O)[C@H](CCCCN)NC(=O)[C@H](CC(C)C)NC(=O)[C@H](CC(C)C)N(C)C(=O)CN)C(=O)N[C@@H](CCCCN)C(=O)N[C@H](C(=O)N[C@@H](CC(C)C)C(=O)N(C)[C@@H](CC(C)C)C(N)=O)[C@@H](C)O. The number of rotatable bonds is 42. The van der Waals surface area contributed by atoms with E-state index in [4.69, 9.17) is 34.4 Å². The summed E-state index contributed by atoms with van der Waals surface area (Å²) in [6.45, 7) is 19.9. The number of unbranched alkanes of at least 4 members (excludes halogenated alkanes) is 2. The lowest BCUT2D eigenvalue weighted by Gasteiger charge is -2.32. The number of guanidine groups is 1. The summed E-state index contributed by atoms with van der Waals surface area (Å²) >= 11 is 0. The molecule has 0 spiro atoms. The molecule has 0 heterocycles. The van der Waals surface area contributed by atoms with E-state index in [1.165, 1.54) is 30.8 Å². The lowest BCUT2D eigenvalue weighted by Crippen LogP contribution is -2.62. The van der Waals surface area contributed by atoms with Gasteiger partial charge in [0.2, 0.25) is 59.1 Å². The summed E-state index contributed by atoms with van der Waals surface area (Å²) in [4.78, 5) is 145. The fraction of sp³-hybridized carbons (Fsp3) is 0.804. The molecule has 27 nitrogen and oxygen atoms in total. The van der Waals surface area contributed by atoms with Crippen LogP contribution in [-0.2, 0) is 47.9 Å². The first-order valence-corrected chi connectivity index (χ1v) is 29.6. The van der Waals surface area contributed by atoms with Gasteiger partial charge in [-0.3, -0.25) is 52.9 Å². The Labute approximate surface area is 493 Å². The standard InChI is InChI=1S/C56H108N16O11/c1-14-35(10)45(53(81)66-38(21-16-18-24-58)50(78)70-46(36(11)73)54(82)68-41(27-32(4)5)55(83)72(13)42(47(60)75)28-33(6)7)69-49(77)39(22-19-25-63-56(61)62)64-48(76)37(20-15-17-23-57)65-51(79)40(26-31(2)3)67-52(80)43(29-34(8)9)71(12)44(74)30-59/h31-43,45-46,73H,14-30,57-59H2,1-13H3,(H2,60,75)(H,64,76)(H,65,79)(H,66,81)(H,67,80)(H,68,82)(H,69,77)(H,70,78)(H4,61,62,63)/t35-,36+,37-,38-,39-,40-,41-,42-,43-,45-,46-/m0/s1. The lowest BCUT2D eigenvalue weighted by molar-refractivity contribution is -0.142. The summed E-state index contributed by atoms with van der Waals surface area (Å²) in [6.07, 6.45) is 1.52. The molecule has 0 radical (unpaired) electrons. The van der Waals surface area contributed by atoms with Gasteiger partial charge >= 0.3 is 0 Å². The van der Waals surface area contributed by atoms with Crippen LogP contribution in [0.3, 0.4) is 0 Å². The number of aliphatic imine (C=N–C) groups is 1. The molecular weight excluding hydrogens is 1070 g/mol. The first-order chi connectivity index (χ1) is 38.8. The molecule has 0 saturated heterocycles. The van der Waals surface area contributed by atoms with Crippen LogP contribution < -0.4 is 71.6 Å². The van der Waals surface area contributed by atoms with E-state index in [-0.39, 0.29) is 107 Å². The molecule has 11 atom stereocenters. The number of nitrogens with zero attached hydrogens (tertiary/aromatic N) is 3. The van der Waals surface area contributed by atoms with Crippen LogP contribution in [0.25, 0.3) is 0 Å². The van der Waals surface area contributed by atoms with Crippen molar-refractivity contribution >= 4 is 65.0 Å². The maximum absolute atomic E-state index is 14.6.